The van der Waals surface area contributed by atoms with Gasteiger partial charge in [-0.1, -0.05) is 146 Å². The molecular formula is C62H39N7. The minimum atomic E-state index is 0.684. The molecule has 8 aromatic carbocycles. The first kappa shape index (κ1) is 38.8. The lowest BCUT2D eigenvalue weighted by atomic mass is 10.0. The van der Waals surface area contributed by atoms with Crippen molar-refractivity contribution in [3.63, 3.8) is 0 Å². The Morgan fingerprint density at radius 3 is 1.64 bits per heavy atom. The van der Waals surface area contributed by atoms with Gasteiger partial charge in [-0.15, -0.1) is 0 Å². The first-order valence-corrected chi connectivity index (χ1v) is 23.2. The van der Waals surface area contributed by atoms with Crippen LogP contribution in [0, 0.1) is 0 Å². The molecule has 7 nitrogen and oxygen atoms in total. The van der Waals surface area contributed by atoms with E-state index in [4.69, 9.17) is 19.9 Å². The second kappa shape index (κ2) is 15.6. The van der Waals surface area contributed by atoms with Crippen LogP contribution in [0.1, 0.15) is 0 Å². The summed E-state index contributed by atoms with van der Waals surface area (Å²) in [5.74, 6) is 2.36. The van der Waals surface area contributed by atoms with E-state index in [1.165, 1.54) is 10.8 Å². The highest BCUT2D eigenvalue weighted by Crippen LogP contribution is 2.40. The van der Waals surface area contributed by atoms with Gasteiger partial charge in [-0.05, 0) is 90.0 Å². The molecule has 0 atom stereocenters. The molecule has 0 saturated carbocycles. The summed E-state index contributed by atoms with van der Waals surface area (Å²) in [6, 6.07) is 81.2. The van der Waals surface area contributed by atoms with Gasteiger partial charge in [-0.3, -0.25) is 14.1 Å². The maximum Gasteiger partial charge on any atom is 0.162 e. The lowest BCUT2D eigenvalue weighted by molar-refractivity contribution is 1.05. The summed E-state index contributed by atoms with van der Waals surface area (Å²) >= 11 is 0. The number of nitrogens with zero attached hydrogens (tertiary/aromatic N) is 7. The first-order valence-electron chi connectivity index (χ1n) is 23.2. The van der Waals surface area contributed by atoms with Crippen LogP contribution in [0.4, 0.5) is 0 Å². The van der Waals surface area contributed by atoms with Crippen LogP contribution >= 0.6 is 0 Å². The molecular weight excluding hydrogens is 843 g/mol. The smallest absolute Gasteiger partial charge is 0.162 e. The SMILES string of the molecule is c1ccc(-c2cc(-n3c4ccccc4c4cc(-c5ccc6c7ccccc7n(-c7cccc(-c8ccc9c(c8)c8ncccc8n9-c8ccccc8)n7)c6c5)ccc43)nc(-c3ccccc3)n2)cc1. The van der Waals surface area contributed by atoms with Crippen LogP contribution < -0.4 is 0 Å². The third kappa shape index (κ3) is 6.29. The zero-order valence-electron chi connectivity index (χ0n) is 37.1. The van der Waals surface area contributed by atoms with Crippen LogP contribution in [0.25, 0.3) is 128 Å². The van der Waals surface area contributed by atoms with Crippen LogP contribution in [0.2, 0.25) is 0 Å². The Kier molecular flexibility index (Phi) is 8.75. The van der Waals surface area contributed by atoms with Crippen molar-refractivity contribution in [2.24, 2.45) is 0 Å². The molecule has 0 saturated heterocycles. The minimum absolute atomic E-state index is 0.684. The van der Waals surface area contributed by atoms with E-state index < -0.39 is 0 Å². The molecule has 0 unspecified atom stereocenters. The molecule has 0 bridgehead atoms. The highest BCUT2D eigenvalue weighted by atomic mass is 15.1. The van der Waals surface area contributed by atoms with E-state index in [0.717, 1.165) is 111 Å². The van der Waals surface area contributed by atoms with Gasteiger partial charge in [0.05, 0.1) is 50.0 Å². The molecule has 0 amide bonds. The fourth-order valence-electron chi connectivity index (χ4n) is 10.4. The zero-order chi connectivity index (χ0) is 45.4. The molecule has 0 fully saturated rings. The summed E-state index contributed by atoms with van der Waals surface area (Å²) < 4.78 is 6.88. The van der Waals surface area contributed by atoms with Crippen molar-refractivity contribution in [1.82, 2.24) is 33.6 Å². The van der Waals surface area contributed by atoms with Gasteiger partial charge in [0.15, 0.2) is 5.82 Å². The fourth-order valence-corrected chi connectivity index (χ4v) is 10.4. The molecule has 14 rings (SSSR count). The normalized spacial score (nSPS) is 11.8. The Morgan fingerprint density at radius 1 is 0.275 bits per heavy atom. The van der Waals surface area contributed by atoms with E-state index >= 15 is 0 Å². The summed E-state index contributed by atoms with van der Waals surface area (Å²) in [6.45, 7) is 0. The Balaban J connectivity index is 0.904. The molecule has 69 heavy (non-hydrogen) atoms. The zero-order valence-corrected chi connectivity index (χ0v) is 37.1. The van der Waals surface area contributed by atoms with Crippen molar-refractivity contribution in [3.8, 4) is 62.4 Å². The van der Waals surface area contributed by atoms with Crippen molar-refractivity contribution in [2.75, 3.05) is 0 Å². The van der Waals surface area contributed by atoms with Gasteiger partial charge in [0, 0.05) is 61.6 Å². The monoisotopic (exact) mass is 881 g/mol. The quantitative estimate of drug-likeness (QED) is 0.160. The highest BCUT2D eigenvalue weighted by molar-refractivity contribution is 6.13. The predicted molar refractivity (Wildman–Crippen MR) is 282 cm³/mol. The lowest BCUT2D eigenvalue weighted by Gasteiger charge is -2.12. The summed E-state index contributed by atoms with van der Waals surface area (Å²) in [5.41, 5.74) is 15.7. The highest BCUT2D eigenvalue weighted by Gasteiger charge is 2.20. The fraction of sp³-hybridized carbons (Fsp3) is 0. The number of aromatic nitrogens is 7. The third-order valence-electron chi connectivity index (χ3n) is 13.5. The van der Waals surface area contributed by atoms with Crippen LogP contribution in [-0.2, 0) is 0 Å². The van der Waals surface area contributed by atoms with Crippen LogP contribution in [-0.4, -0.2) is 33.6 Å². The van der Waals surface area contributed by atoms with E-state index in [-0.39, 0.29) is 0 Å². The largest absolute Gasteiger partial charge is 0.308 e. The van der Waals surface area contributed by atoms with Crippen molar-refractivity contribution < 1.29 is 0 Å². The number of hydrogen-bond acceptors (Lipinski definition) is 4. The maximum absolute atomic E-state index is 5.42. The average molecular weight is 882 g/mol. The van der Waals surface area contributed by atoms with Gasteiger partial charge in [0.1, 0.15) is 11.6 Å². The van der Waals surface area contributed by atoms with E-state index in [0.29, 0.717) is 5.82 Å². The summed E-state index contributed by atoms with van der Waals surface area (Å²) in [4.78, 5) is 20.6. The van der Waals surface area contributed by atoms with Crippen molar-refractivity contribution in [3.05, 3.63) is 237 Å². The van der Waals surface area contributed by atoms with Gasteiger partial charge in [-0.25, -0.2) is 15.0 Å². The number of benzene rings is 8. The molecule has 6 heterocycles. The van der Waals surface area contributed by atoms with Crippen molar-refractivity contribution in [2.45, 2.75) is 0 Å². The summed E-state index contributed by atoms with van der Waals surface area (Å²) in [6.07, 6.45) is 1.87. The molecule has 0 spiro atoms. The number of rotatable bonds is 7. The molecule has 0 aliphatic heterocycles. The second-order valence-corrected chi connectivity index (χ2v) is 17.5. The Hall–Kier alpha value is -9.46. The third-order valence-corrected chi connectivity index (χ3v) is 13.5. The molecule has 14 aromatic rings. The first-order chi connectivity index (χ1) is 34.2. The molecule has 0 aliphatic carbocycles. The second-order valence-electron chi connectivity index (χ2n) is 17.5. The predicted octanol–water partition coefficient (Wildman–Crippen LogP) is 15.2. The maximum atomic E-state index is 5.42. The van der Waals surface area contributed by atoms with Gasteiger partial charge in [-0.2, -0.15) is 0 Å². The molecule has 0 aliphatic rings. The van der Waals surface area contributed by atoms with E-state index in [2.05, 4.69) is 214 Å². The number of para-hydroxylation sites is 3. The van der Waals surface area contributed by atoms with Crippen LogP contribution in [0.3, 0.4) is 0 Å². The van der Waals surface area contributed by atoms with Crippen LogP contribution in [0.15, 0.2) is 237 Å². The Bertz CT molecular complexity index is 4240. The molecule has 6 aromatic heterocycles. The van der Waals surface area contributed by atoms with Crippen molar-refractivity contribution in [1.29, 1.82) is 0 Å². The minimum Gasteiger partial charge on any atom is -0.308 e. The van der Waals surface area contributed by atoms with Gasteiger partial charge >= 0.3 is 0 Å². The lowest BCUT2D eigenvalue weighted by Crippen LogP contribution is -2.02. The van der Waals surface area contributed by atoms with Gasteiger partial charge in [0.25, 0.3) is 0 Å². The van der Waals surface area contributed by atoms with E-state index in [9.17, 15) is 0 Å². The number of pyridine rings is 2. The topological polar surface area (TPSA) is 66.3 Å². The molecule has 7 heteroatoms. The molecule has 322 valence electrons. The van der Waals surface area contributed by atoms with Gasteiger partial charge in [0.2, 0.25) is 0 Å². The van der Waals surface area contributed by atoms with Crippen LogP contribution in [0.5, 0.6) is 0 Å². The number of fused-ring (bicyclic) bond motifs is 9. The van der Waals surface area contributed by atoms with E-state index in [1.807, 2.05) is 36.5 Å². The van der Waals surface area contributed by atoms with Gasteiger partial charge < -0.3 is 4.57 Å². The Labute approximate surface area is 396 Å². The van der Waals surface area contributed by atoms with Crippen molar-refractivity contribution >= 4 is 65.5 Å². The summed E-state index contributed by atoms with van der Waals surface area (Å²) in [5, 5.41) is 5.75. The Morgan fingerprint density at radius 2 is 0.855 bits per heavy atom. The number of hydrogen-bond donors (Lipinski definition) is 0. The summed E-state index contributed by atoms with van der Waals surface area (Å²) in [7, 11) is 0. The molecule has 0 radical (unpaired) electrons. The van der Waals surface area contributed by atoms with E-state index in [1.54, 1.807) is 0 Å². The average Bonchev–Trinajstić information content (AvgIpc) is 4.06. The molecule has 0 N–H and O–H groups in total. The standard InChI is InChI=1S/C62H39N7/c1-4-16-40(17-5-1)52-39-60(66-62(65-52)41-18-6-2-7-19-41)68-54-26-13-11-23-47(54)49-36-42(30-33-55(49)68)43-29-32-48-46-22-10-12-25-53(46)69(58(48)38-43)59-28-14-24-51(64-59)44-31-34-56-50(37-44)61-57(27-15-35-63-61)67(56)45-20-8-3-9-21-45/h1-39H.